The molecule has 2 amide bonds. The Labute approximate surface area is 169 Å². The molecule has 8 nitrogen and oxygen atoms in total. The molecule has 0 heterocycles. The van der Waals surface area contributed by atoms with Crippen LogP contribution in [0.3, 0.4) is 0 Å². The normalized spacial score (nSPS) is 10.1. The van der Waals surface area contributed by atoms with Gasteiger partial charge in [-0.2, -0.15) is 0 Å². The first kappa shape index (κ1) is 21.9. The molecular formula is C21H24N2O6. The highest BCUT2D eigenvalue weighted by Crippen LogP contribution is 2.16. The number of hydrogen-bond donors (Lipinski definition) is 2. The van der Waals surface area contributed by atoms with Crippen LogP contribution in [-0.4, -0.2) is 38.3 Å². The van der Waals surface area contributed by atoms with Crippen molar-refractivity contribution in [2.75, 3.05) is 25.6 Å². The number of carbonyl (C=O) groups excluding carboxylic acids is 3. The lowest BCUT2D eigenvalue weighted by Crippen LogP contribution is -2.23. The zero-order chi connectivity index (χ0) is 21.1. The van der Waals surface area contributed by atoms with Gasteiger partial charge in [-0.15, -0.1) is 0 Å². The number of ether oxygens (including phenoxy) is 3. The summed E-state index contributed by atoms with van der Waals surface area (Å²) in [5.41, 5.74) is 1.86. The van der Waals surface area contributed by atoms with E-state index >= 15 is 0 Å². The van der Waals surface area contributed by atoms with Crippen LogP contribution in [0.25, 0.3) is 0 Å². The van der Waals surface area contributed by atoms with Crippen LogP contribution in [0.2, 0.25) is 0 Å². The van der Waals surface area contributed by atoms with Crippen molar-refractivity contribution in [3.8, 4) is 5.75 Å². The molecule has 0 bridgehead atoms. The van der Waals surface area contributed by atoms with Crippen LogP contribution in [0, 0.1) is 0 Å². The van der Waals surface area contributed by atoms with Crippen LogP contribution >= 0.6 is 0 Å². The molecule has 2 rings (SSSR count). The Morgan fingerprint density at radius 1 is 1.03 bits per heavy atom. The number of benzene rings is 2. The number of carbonyl (C=O) groups is 3. The summed E-state index contributed by atoms with van der Waals surface area (Å²) in [6.45, 7) is 2.62. The third kappa shape index (κ3) is 7.63. The number of methoxy groups -OCH3 is 1. The molecule has 0 fully saturated rings. The lowest BCUT2D eigenvalue weighted by molar-refractivity contribution is -0.122. The van der Waals surface area contributed by atoms with E-state index in [-0.39, 0.29) is 24.2 Å². The van der Waals surface area contributed by atoms with Gasteiger partial charge in [0.15, 0.2) is 0 Å². The second-order valence-electron chi connectivity index (χ2n) is 5.98. The van der Waals surface area contributed by atoms with Gasteiger partial charge in [0.1, 0.15) is 5.75 Å². The Hall–Kier alpha value is -3.39. The van der Waals surface area contributed by atoms with E-state index in [1.54, 1.807) is 44.4 Å². The van der Waals surface area contributed by atoms with Crippen molar-refractivity contribution in [1.29, 1.82) is 0 Å². The third-order valence-corrected chi connectivity index (χ3v) is 3.79. The standard InChI is InChI=1S/C21H24N2O6/c1-3-28-21(26)29-18-9-7-16(8-10-18)20(25)23-17-6-4-5-15(13-17)14-22-19(24)11-12-27-2/h4-10,13H,3,11-12,14H2,1-2H3,(H,22,24)(H,23,25). The Morgan fingerprint density at radius 2 is 1.79 bits per heavy atom. The molecule has 0 spiro atoms. The summed E-state index contributed by atoms with van der Waals surface area (Å²) in [6, 6.07) is 13.3. The smallest absolute Gasteiger partial charge is 0.434 e. The quantitative estimate of drug-likeness (QED) is 0.495. The van der Waals surface area contributed by atoms with Gasteiger partial charge in [-0.05, 0) is 48.9 Å². The van der Waals surface area contributed by atoms with Crippen LogP contribution in [0.5, 0.6) is 5.75 Å². The average molecular weight is 400 g/mol. The Morgan fingerprint density at radius 3 is 2.48 bits per heavy atom. The maximum Gasteiger partial charge on any atom is 0.513 e. The van der Waals surface area contributed by atoms with E-state index in [2.05, 4.69) is 10.6 Å². The monoisotopic (exact) mass is 400 g/mol. The second kappa shape index (κ2) is 11.5. The minimum atomic E-state index is -0.796. The fourth-order valence-corrected chi connectivity index (χ4v) is 2.36. The van der Waals surface area contributed by atoms with Crippen LogP contribution in [0.1, 0.15) is 29.3 Å². The largest absolute Gasteiger partial charge is 0.513 e. The fourth-order valence-electron chi connectivity index (χ4n) is 2.36. The molecule has 2 aromatic rings. The lowest BCUT2D eigenvalue weighted by Gasteiger charge is -2.09. The van der Waals surface area contributed by atoms with Crippen LogP contribution in [-0.2, 0) is 20.8 Å². The molecule has 0 radical (unpaired) electrons. The van der Waals surface area contributed by atoms with Gasteiger partial charge in [-0.3, -0.25) is 9.59 Å². The van der Waals surface area contributed by atoms with Crippen LogP contribution < -0.4 is 15.4 Å². The summed E-state index contributed by atoms with van der Waals surface area (Å²) in [4.78, 5) is 35.4. The van der Waals surface area contributed by atoms with Crippen molar-refractivity contribution in [1.82, 2.24) is 5.32 Å². The van der Waals surface area contributed by atoms with Gasteiger partial charge in [0, 0.05) is 31.3 Å². The van der Waals surface area contributed by atoms with E-state index in [1.807, 2.05) is 6.07 Å². The van der Waals surface area contributed by atoms with E-state index in [1.165, 1.54) is 12.1 Å². The fraction of sp³-hybridized carbons (Fsp3) is 0.286. The molecule has 0 aliphatic heterocycles. The van der Waals surface area contributed by atoms with Crippen molar-refractivity contribution in [3.63, 3.8) is 0 Å². The van der Waals surface area contributed by atoms with Gasteiger partial charge in [-0.25, -0.2) is 4.79 Å². The molecule has 2 aromatic carbocycles. The van der Waals surface area contributed by atoms with E-state index in [0.29, 0.717) is 30.8 Å². The first-order valence-corrected chi connectivity index (χ1v) is 9.12. The van der Waals surface area contributed by atoms with Crippen LogP contribution in [0.15, 0.2) is 48.5 Å². The van der Waals surface area contributed by atoms with Gasteiger partial charge in [0.2, 0.25) is 5.91 Å². The van der Waals surface area contributed by atoms with Crippen molar-refractivity contribution >= 4 is 23.7 Å². The zero-order valence-corrected chi connectivity index (χ0v) is 16.4. The van der Waals surface area contributed by atoms with E-state index < -0.39 is 6.16 Å². The molecule has 0 atom stereocenters. The Balaban J connectivity index is 1.91. The predicted molar refractivity (Wildman–Crippen MR) is 107 cm³/mol. The summed E-state index contributed by atoms with van der Waals surface area (Å²) in [7, 11) is 1.54. The minimum Gasteiger partial charge on any atom is -0.434 e. The summed E-state index contributed by atoms with van der Waals surface area (Å²) in [6.07, 6.45) is -0.501. The lowest BCUT2D eigenvalue weighted by atomic mass is 10.1. The van der Waals surface area contributed by atoms with Gasteiger partial charge in [0.25, 0.3) is 5.91 Å². The van der Waals surface area contributed by atoms with Crippen LogP contribution in [0.4, 0.5) is 10.5 Å². The van der Waals surface area contributed by atoms with E-state index in [4.69, 9.17) is 14.2 Å². The van der Waals surface area contributed by atoms with Crippen molar-refractivity contribution < 1.29 is 28.6 Å². The molecule has 0 saturated carbocycles. The minimum absolute atomic E-state index is 0.105. The molecule has 0 aliphatic carbocycles. The van der Waals surface area contributed by atoms with E-state index in [0.717, 1.165) is 5.56 Å². The predicted octanol–water partition coefficient (Wildman–Crippen LogP) is 3.13. The van der Waals surface area contributed by atoms with Gasteiger partial charge in [-0.1, -0.05) is 12.1 Å². The zero-order valence-electron chi connectivity index (χ0n) is 16.4. The van der Waals surface area contributed by atoms with Crippen molar-refractivity contribution in [2.45, 2.75) is 19.9 Å². The van der Waals surface area contributed by atoms with Crippen molar-refractivity contribution in [2.24, 2.45) is 0 Å². The molecule has 0 saturated heterocycles. The number of amides is 2. The molecule has 0 aromatic heterocycles. The number of nitrogens with one attached hydrogen (secondary N) is 2. The summed E-state index contributed by atoms with van der Waals surface area (Å²) >= 11 is 0. The summed E-state index contributed by atoms with van der Waals surface area (Å²) in [5.74, 6) is -0.133. The molecule has 2 N–H and O–H groups in total. The molecule has 0 aliphatic rings. The topological polar surface area (TPSA) is 103 Å². The highest BCUT2D eigenvalue weighted by molar-refractivity contribution is 6.04. The highest BCUT2D eigenvalue weighted by atomic mass is 16.7. The van der Waals surface area contributed by atoms with Gasteiger partial charge >= 0.3 is 6.16 Å². The third-order valence-electron chi connectivity index (χ3n) is 3.79. The maximum absolute atomic E-state index is 12.4. The van der Waals surface area contributed by atoms with E-state index in [9.17, 15) is 14.4 Å². The number of hydrogen-bond acceptors (Lipinski definition) is 6. The number of rotatable bonds is 9. The maximum atomic E-state index is 12.4. The Bertz CT molecular complexity index is 835. The molecular weight excluding hydrogens is 376 g/mol. The SMILES string of the molecule is CCOC(=O)Oc1ccc(C(=O)Nc2cccc(CNC(=O)CCOC)c2)cc1. The Kier molecular flexibility index (Phi) is 8.65. The highest BCUT2D eigenvalue weighted by Gasteiger charge is 2.09. The molecule has 0 unspecified atom stereocenters. The van der Waals surface area contributed by atoms with Gasteiger partial charge in [0.05, 0.1) is 13.2 Å². The summed E-state index contributed by atoms with van der Waals surface area (Å²) in [5, 5.41) is 5.59. The van der Waals surface area contributed by atoms with Crippen molar-refractivity contribution in [3.05, 3.63) is 59.7 Å². The first-order valence-electron chi connectivity index (χ1n) is 9.12. The molecule has 29 heavy (non-hydrogen) atoms. The average Bonchev–Trinajstić information content (AvgIpc) is 2.71. The molecule has 8 heteroatoms. The number of anilines is 1. The molecule has 154 valence electrons. The second-order valence-corrected chi connectivity index (χ2v) is 5.98. The first-order chi connectivity index (χ1) is 14.0. The summed E-state index contributed by atoms with van der Waals surface area (Å²) < 4.78 is 14.5. The van der Waals surface area contributed by atoms with Gasteiger partial charge < -0.3 is 24.8 Å².